The van der Waals surface area contributed by atoms with Crippen molar-refractivity contribution in [2.24, 2.45) is 0 Å². The number of rotatable bonds is 7. The third-order valence-corrected chi connectivity index (χ3v) is 4.82. The highest BCUT2D eigenvalue weighted by molar-refractivity contribution is 5.55. The molecule has 1 unspecified atom stereocenters. The number of nitrogens with one attached hydrogen (secondary N) is 2. The van der Waals surface area contributed by atoms with Crippen molar-refractivity contribution in [2.45, 2.75) is 26.3 Å². The molecule has 2 heteroatoms. The van der Waals surface area contributed by atoms with Gasteiger partial charge in [-0.1, -0.05) is 66.7 Å². The SMILES string of the molecule is C=C(Cc1cc(C)ccc1NC)C(Nc1cccc(C)c1)c1ccccc1. The highest BCUT2D eigenvalue weighted by atomic mass is 14.9. The Kier molecular flexibility index (Phi) is 5.97. The van der Waals surface area contributed by atoms with E-state index < -0.39 is 0 Å². The quantitative estimate of drug-likeness (QED) is 0.486. The third-order valence-electron chi connectivity index (χ3n) is 4.82. The van der Waals surface area contributed by atoms with Gasteiger partial charge >= 0.3 is 0 Å². The van der Waals surface area contributed by atoms with Crippen LogP contribution in [0.3, 0.4) is 0 Å². The van der Waals surface area contributed by atoms with Crippen LogP contribution in [0.2, 0.25) is 0 Å². The lowest BCUT2D eigenvalue weighted by molar-refractivity contribution is 0.871. The zero-order chi connectivity index (χ0) is 19.2. The minimum atomic E-state index is 0.0539. The van der Waals surface area contributed by atoms with E-state index in [9.17, 15) is 0 Å². The van der Waals surface area contributed by atoms with Crippen LogP contribution < -0.4 is 10.6 Å². The van der Waals surface area contributed by atoms with E-state index >= 15 is 0 Å². The van der Waals surface area contributed by atoms with Gasteiger partial charge in [0.05, 0.1) is 6.04 Å². The van der Waals surface area contributed by atoms with Gasteiger partial charge in [-0.2, -0.15) is 0 Å². The molecule has 27 heavy (non-hydrogen) atoms. The van der Waals surface area contributed by atoms with Gasteiger partial charge in [0, 0.05) is 18.4 Å². The average Bonchev–Trinajstić information content (AvgIpc) is 2.67. The Hall–Kier alpha value is -3.00. The third kappa shape index (κ3) is 4.79. The number of benzene rings is 3. The normalized spacial score (nSPS) is 11.7. The summed E-state index contributed by atoms with van der Waals surface area (Å²) in [6.07, 6.45) is 0.816. The maximum atomic E-state index is 4.46. The maximum absolute atomic E-state index is 4.46. The first kappa shape index (κ1) is 18.8. The van der Waals surface area contributed by atoms with E-state index in [4.69, 9.17) is 0 Å². The fraction of sp³-hybridized carbons (Fsp3) is 0.200. The topological polar surface area (TPSA) is 24.1 Å². The molecule has 0 aliphatic rings. The minimum Gasteiger partial charge on any atom is -0.388 e. The molecule has 0 bridgehead atoms. The largest absolute Gasteiger partial charge is 0.388 e. The van der Waals surface area contributed by atoms with Crippen molar-refractivity contribution in [3.05, 3.63) is 107 Å². The molecule has 0 saturated carbocycles. The van der Waals surface area contributed by atoms with Gasteiger partial charge in [-0.25, -0.2) is 0 Å². The Labute approximate surface area is 163 Å². The molecular weight excluding hydrogens is 328 g/mol. The van der Waals surface area contributed by atoms with Crippen LogP contribution in [0.5, 0.6) is 0 Å². The van der Waals surface area contributed by atoms with Crippen LogP contribution >= 0.6 is 0 Å². The Balaban J connectivity index is 1.91. The second kappa shape index (κ2) is 8.59. The lowest BCUT2D eigenvalue weighted by Gasteiger charge is -2.24. The first-order chi connectivity index (χ1) is 13.1. The minimum absolute atomic E-state index is 0.0539. The van der Waals surface area contributed by atoms with Crippen LogP contribution in [0.1, 0.15) is 28.3 Å². The molecule has 2 N–H and O–H groups in total. The molecular formula is C25H28N2. The number of aryl methyl sites for hydroxylation is 2. The van der Waals surface area contributed by atoms with E-state index in [1.165, 1.54) is 22.3 Å². The summed E-state index contributed by atoms with van der Waals surface area (Å²) in [5.41, 5.74) is 8.42. The molecule has 0 aliphatic carbocycles. The Morgan fingerprint density at radius 2 is 1.63 bits per heavy atom. The standard InChI is InChI=1S/C25H28N2/c1-18-9-8-12-23(16-18)27-25(21-10-6-5-7-11-21)20(3)17-22-15-19(2)13-14-24(22)26-4/h5-16,25-27H,3,17H2,1-2,4H3. The van der Waals surface area contributed by atoms with Gasteiger partial charge in [0.2, 0.25) is 0 Å². The van der Waals surface area contributed by atoms with Gasteiger partial charge in [0.25, 0.3) is 0 Å². The molecule has 0 aromatic heterocycles. The van der Waals surface area contributed by atoms with Gasteiger partial charge in [0.15, 0.2) is 0 Å². The maximum Gasteiger partial charge on any atom is 0.0727 e. The van der Waals surface area contributed by atoms with Crippen molar-refractivity contribution in [2.75, 3.05) is 17.7 Å². The smallest absolute Gasteiger partial charge is 0.0727 e. The highest BCUT2D eigenvalue weighted by Crippen LogP contribution is 2.30. The van der Waals surface area contributed by atoms with Crippen LogP contribution in [0, 0.1) is 13.8 Å². The molecule has 3 aromatic rings. The van der Waals surface area contributed by atoms with E-state index in [2.05, 4.69) is 104 Å². The molecule has 0 aliphatic heterocycles. The van der Waals surface area contributed by atoms with Crippen LogP contribution in [0.25, 0.3) is 0 Å². The number of anilines is 2. The molecule has 0 radical (unpaired) electrons. The summed E-state index contributed by atoms with van der Waals surface area (Å²) in [6, 6.07) is 25.6. The van der Waals surface area contributed by atoms with Crippen molar-refractivity contribution in [1.29, 1.82) is 0 Å². The molecule has 0 fully saturated rings. The van der Waals surface area contributed by atoms with E-state index in [-0.39, 0.29) is 6.04 Å². The van der Waals surface area contributed by atoms with Gasteiger partial charge in [0.1, 0.15) is 0 Å². The zero-order valence-electron chi connectivity index (χ0n) is 16.4. The highest BCUT2D eigenvalue weighted by Gasteiger charge is 2.17. The summed E-state index contributed by atoms with van der Waals surface area (Å²) in [6.45, 7) is 8.70. The summed E-state index contributed by atoms with van der Waals surface area (Å²) >= 11 is 0. The monoisotopic (exact) mass is 356 g/mol. The summed E-state index contributed by atoms with van der Waals surface area (Å²) in [4.78, 5) is 0. The molecule has 0 heterocycles. The van der Waals surface area contributed by atoms with E-state index in [0.717, 1.165) is 23.4 Å². The number of hydrogen-bond donors (Lipinski definition) is 2. The van der Waals surface area contributed by atoms with Crippen molar-refractivity contribution in [3.8, 4) is 0 Å². The summed E-state index contributed by atoms with van der Waals surface area (Å²) in [5.74, 6) is 0. The molecule has 1 atom stereocenters. The predicted octanol–water partition coefficient (Wildman–Crippen LogP) is 6.30. The molecule has 0 amide bonds. The second-order valence-corrected chi connectivity index (χ2v) is 7.10. The van der Waals surface area contributed by atoms with Crippen molar-refractivity contribution < 1.29 is 0 Å². The fourth-order valence-electron chi connectivity index (χ4n) is 3.43. The summed E-state index contributed by atoms with van der Waals surface area (Å²) < 4.78 is 0. The zero-order valence-corrected chi connectivity index (χ0v) is 16.4. The van der Waals surface area contributed by atoms with E-state index in [1.54, 1.807) is 0 Å². The molecule has 138 valence electrons. The van der Waals surface area contributed by atoms with Crippen LogP contribution in [-0.2, 0) is 6.42 Å². The Morgan fingerprint density at radius 1 is 0.889 bits per heavy atom. The first-order valence-corrected chi connectivity index (χ1v) is 9.40. The van der Waals surface area contributed by atoms with Gasteiger partial charge in [-0.15, -0.1) is 0 Å². The van der Waals surface area contributed by atoms with Crippen LogP contribution in [0.4, 0.5) is 11.4 Å². The van der Waals surface area contributed by atoms with Crippen LogP contribution in [0.15, 0.2) is 84.9 Å². The second-order valence-electron chi connectivity index (χ2n) is 7.10. The fourth-order valence-corrected chi connectivity index (χ4v) is 3.43. The van der Waals surface area contributed by atoms with Gasteiger partial charge in [-0.3, -0.25) is 0 Å². The molecule has 3 aromatic carbocycles. The first-order valence-electron chi connectivity index (χ1n) is 9.40. The van der Waals surface area contributed by atoms with E-state index in [0.29, 0.717) is 0 Å². The molecule has 0 saturated heterocycles. The van der Waals surface area contributed by atoms with Gasteiger partial charge in [-0.05, 0) is 60.7 Å². The summed E-state index contributed by atoms with van der Waals surface area (Å²) in [7, 11) is 1.97. The van der Waals surface area contributed by atoms with Crippen molar-refractivity contribution >= 4 is 11.4 Å². The lowest BCUT2D eigenvalue weighted by atomic mass is 9.93. The Morgan fingerprint density at radius 3 is 2.33 bits per heavy atom. The lowest BCUT2D eigenvalue weighted by Crippen LogP contribution is -2.15. The molecule has 0 spiro atoms. The van der Waals surface area contributed by atoms with Gasteiger partial charge < -0.3 is 10.6 Å². The predicted molar refractivity (Wildman–Crippen MR) is 118 cm³/mol. The number of hydrogen-bond acceptors (Lipinski definition) is 2. The molecule has 2 nitrogen and oxygen atoms in total. The van der Waals surface area contributed by atoms with E-state index in [1.807, 2.05) is 7.05 Å². The Bertz CT molecular complexity index is 913. The van der Waals surface area contributed by atoms with Crippen LogP contribution in [-0.4, -0.2) is 7.05 Å². The van der Waals surface area contributed by atoms with Crippen molar-refractivity contribution in [3.63, 3.8) is 0 Å². The van der Waals surface area contributed by atoms with Crippen molar-refractivity contribution in [1.82, 2.24) is 0 Å². The summed E-state index contributed by atoms with van der Waals surface area (Å²) in [5, 5.41) is 6.99. The molecule has 3 rings (SSSR count). The average molecular weight is 357 g/mol.